The molecule has 0 fully saturated rings. The van der Waals surface area contributed by atoms with Crippen LogP contribution in [-0.2, 0) is 4.74 Å². The van der Waals surface area contributed by atoms with Crippen LogP contribution in [0.1, 0.15) is 33.1 Å². The maximum Gasteiger partial charge on any atom is 0.0785 e. The van der Waals surface area contributed by atoms with E-state index in [4.69, 9.17) is 4.74 Å². The van der Waals surface area contributed by atoms with Crippen molar-refractivity contribution in [2.45, 2.75) is 39.2 Å². The summed E-state index contributed by atoms with van der Waals surface area (Å²) in [5, 5.41) is 12.9. The number of aliphatic hydroxyl groups excluding tert-OH is 1. The number of rotatable bonds is 7. The number of aliphatic hydroxyl groups is 1. The SMILES string of the molecule is COCC(O)CCNCC1CC(C)=CC(C)C1. The number of methoxy groups -OCH3 is 1. The number of ether oxygens (including phenoxy) is 1. The summed E-state index contributed by atoms with van der Waals surface area (Å²) in [7, 11) is 1.62. The molecule has 0 saturated heterocycles. The minimum absolute atomic E-state index is 0.334. The predicted octanol–water partition coefficient (Wildman–Crippen LogP) is 1.97. The van der Waals surface area contributed by atoms with Gasteiger partial charge in [0.15, 0.2) is 0 Å². The molecule has 0 aromatic rings. The molecular formula is C14H27NO2. The molecule has 3 atom stereocenters. The van der Waals surface area contributed by atoms with E-state index in [1.54, 1.807) is 7.11 Å². The third kappa shape index (κ3) is 6.20. The molecule has 0 bridgehead atoms. The highest BCUT2D eigenvalue weighted by molar-refractivity contribution is 5.06. The molecule has 2 N–H and O–H groups in total. The molecular weight excluding hydrogens is 214 g/mol. The highest BCUT2D eigenvalue weighted by Gasteiger charge is 2.17. The zero-order chi connectivity index (χ0) is 12.7. The third-order valence-electron chi connectivity index (χ3n) is 3.33. The van der Waals surface area contributed by atoms with Crippen molar-refractivity contribution in [2.75, 3.05) is 26.8 Å². The van der Waals surface area contributed by atoms with Crippen molar-refractivity contribution in [1.29, 1.82) is 0 Å². The Morgan fingerprint density at radius 2 is 2.35 bits per heavy atom. The lowest BCUT2D eigenvalue weighted by Crippen LogP contribution is -2.29. The van der Waals surface area contributed by atoms with Crippen LogP contribution >= 0.6 is 0 Å². The molecule has 17 heavy (non-hydrogen) atoms. The topological polar surface area (TPSA) is 41.5 Å². The highest BCUT2D eigenvalue weighted by atomic mass is 16.5. The lowest BCUT2D eigenvalue weighted by atomic mass is 9.84. The van der Waals surface area contributed by atoms with Crippen LogP contribution in [0.5, 0.6) is 0 Å². The molecule has 1 aliphatic rings. The zero-order valence-electron chi connectivity index (χ0n) is 11.4. The lowest BCUT2D eigenvalue weighted by Gasteiger charge is -2.25. The number of nitrogens with one attached hydrogen (secondary N) is 1. The van der Waals surface area contributed by atoms with E-state index in [0.717, 1.165) is 31.3 Å². The molecule has 0 saturated carbocycles. The van der Waals surface area contributed by atoms with Crippen LogP contribution < -0.4 is 5.32 Å². The van der Waals surface area contributed by atoms with Crippen molar-refractivity contribution in [1.82, 2.24) is 5.32 Å². The molecule has 0 aromatic carbocycles. The van der Waals surface area contributed by atoms with Gasteiger partial charge in [0.1, 0.15) is 0 Å². The van der Waals surface area contributed by atoms with Gasteiger partial charge >= 0.3 is 0 Å². The average Bonchev–Trinajstić information content (AvgIpc) is 2.23. The normalized spacial score (nSPS) is 26.7. The minimum atomic E-state index is -0.334. The van der Waals surface area contributed by atoms with Crippen LogP contribution in [0.15, 0.2) is 11.6 Å². The van der Waals surface area contributed by atoms with E-state index in [2.05, 4.69) is 25.2 Å². The van der Waals surface area contributed by atoms with E-state index in [-0.39, 0.29) is 6.10 Å². The van der Waals surface area contributed by atoms with E-state index in [9.17, 15) is 5.11 Å². The molecule has 3 unspecified atom stereocenters. The molecule has 0 spiro atoms. The Balaban J connectivity index is 2.09. The molecule has 0 aromatic heterocycles. The molecule has 3 nitrogen and oxygen atoms in total. The van der Waals surface area contributed by atoms with E-state index < -0.39 is 0 Å². The molecule has 0 amide bonds. The van der Waals surface area contributed by atoms with Gasteiger partial charge in [-0.25, -0.2) is 0 Å². The summed E-state index contributed by atoms with van der Waals surface area (Å²) in [5.74, 6) is 1.48. The standard InChI is InChI=1S/C14H27NO2/c1-11-6-12(2)8-13(7-11)9-15-5-4-14(16)10-17-3/h6,11,13-16H,4-5,7-10H2,1-3H3. The predicted molar refractivity (Wildman–Crippen MR) is 71.0 cm³/mol. The van der Waals surface area contributed by atoms with Crippen LogP contribution in [0.25, 0.3) is 0 Å². The maximum absolute atomic E-state index is 9.50. The molecule has 0 radical (unpaired) electrons. The molecule has 1 aliphatic carbocycles. The summed E-state index contributed by atoms with van der Waals surface area (Å²) < 4.78 is 4.89. The minimum Gasteiger partial charge on any atom is -0.391 e. The van der Waals surface area contributed by atoms with Crippen LogP contribution in [0.4, 0.5) is 0 Å². The summed E-state index contributed by atoms with van der Waals surface area (Å²) in [5.41, 5.74) is 1.52. The van der Waals surface area contributed by atoms with Crippen LogP contribution in [0.3, 0.4) is 0 Å². The Bertz CT molecular complexity index is 240. The van der Waals surface area contributed by atoms with Gasteiger partial charge in [0, 0.05) is 7.11 Å². The maximum atomic E-state index is 9.50. The number of hydrogen-bond acceptors (Lipinski definition) is 3. The summed E-state index contributed by atoms with van der Waals surface area (Å²) in [4.78, 5) is 0. The Morgan fingerprint density at radius 3 is 3.00 bits per heavy atom. The second-order valence-corrected chi connectivity index (χ2v) is 5.40. The fourth-order valence-corrected chi connectivity index (χ4v) is 2.69. The summed E-state index contributed by atoms with van der Waals surface area (Å²) in [6, 6.07) is 0. The fourth-order valence-electron chi connectivity index (χ4n) is 2.69. The van der Waals surface area contributed by atoms with Crippen molar-refractivity contribution < 1.29 is 9.84 Å². The Morgan fingerprint density at radius 1 is 1.59 bits per heavy atom. The quantitative estimate of drug-likeness (QED) is 0.529. The van der Waals surface area contributed by atoms with E-state index in [1.807, 2.05) is 0 Å². The Hall–Kier alpha value is -0.380. The van der Waals surface area contributed by atoms with Gasteiger partial charge < -0.3 is 15.2 Å². The second kappa shape index (κ2) is 7.85. The third-order valence-corrected chi connectivity index (χ3v) is 3.33. The summed E-state index contributed by atoms with van der Waals surface area (Å²) >= 11 is 0. The van der Waals surface area contributed by atoms with Gasteiger partial charge in [0.05, 0.1) is 12.7 Å². The largest absolute Gasteiger partial charge is 0.391 e. The molecule has 100 valence electrons. The van der Waals surface area contributed by atoms with Crippen molar-refractivity contribution in [3.8, 4) is 0 Å². The Labute approximate surface area is 105 Å². The van der Waals surface area contributed by atoms with E-state index >= 15 is 0 Å². The van der Waals surface area contributed by atoms with Gasteiger partial charge in [-0.05, 0) is 51.1 Å². The van der Waals surface area contributed by atoms with Crippen LogP contribution in [-0.4, -0.2) is 38.0 Å². The number of hydrogen-bond donors (Lipinski definition) is 2. The van der Waals surface area contributed by atoms with Gasteiger partial charge in [-0.1, -0.05) is 18.6 Å². The monoisotopic (exact) mass is 241 g/mol. The molecule has 1 rings (SSSR count). The van der Waals surface area contributed by atoms with Gasteiger partial charge in [-0.3, -0.25) is 0 Å². The van der Waals surface area contributed by atoms with Crippen LogP contribution in [0.2, 0.25) is 0 Å². The second-order valence-electron chi connectivity index (χ2n) is 5.40. The van der Waals surface area contributed by atoms with Gasteiger partial charge in [0.2, 0.25) is 0 Å². The summed E-state index contributed by atoms with van der Waals surface area (Å²) in [6.07, 6.45) is 5.33. The Kier molecular flexibility index (Phi) is 6.78. The van der Waals surface area contributed by atoms with Crippen molar-refractivity contribution in [2.24, 2.45) is 11.8 Å². The fraction of sp³-hybridized carbons (Fsp3) is 0.857. The molecule has 0 aliphatic heterocycles. The van der Waals surface area contributed by atoms with E-state index in [0.29, 0.717) is 6.61 Å². The molecule has 0 heterocycles. The highest BCUT2D eigenvalue weighted by Crippen LogP contribution is 2.27. The van der Waals surface area contributed by atoms with Crippen LogP contribution in [0, 0.1) is 11.8 Å². The van der Waals surface area contributed by atoms with Gasteiger partial charge in [-0.2, -0.15) is 0 Å². The first-order valence-electron chi connectivity index (χ1n) is 6.66. The first kappa shape index (κ1) is 14.7. The van der Waals surface area contributed by atoms with Gasteiger partial charge in [0.25, 0.3) is 0 Å². The lowest BCUT2D eigenvalue weighted by molar-refractivity contribution is 0.0592. The molecule has 3 heteroatoms. The number of allylic oxidation sites excluding steroid dienone is 2. The van der Waals surface area contributed by atoms with Gasteiger partial charge in [-0.15, -0.1) is 0 Å². The average molecular weight is 241 g/mol. The van der Waals surface area contributed by atoms with Crippen molar-refractivity contribution >= 4 is 0 Å². The van der Waals surface area contributed by atoms with E-state index in [1.165, 1.54) is 18.4 Å². The first-order valence-corrected chi connectivity index (χ1v) is 6.66. The zero-order valence-corrected chi connectivity index (χ0v) is 11.4. The van der Waals surface area contributed by atoms with Crippen molar-refractivity contribution in [3.63, 3.8) is 0 Å². The summed E-state index contributed by atoms with van der Waals surface area (Å²) in [6.45, 7) is 6.89. The smallest absolute Gasteiger partial charge is 0.0785 e. The first-order chi connectivity index (χ1) is 8.11. The van der Waals surface area contributed by atoms with Crippen molar-refractivity contribution in [3.05, 3.63) is 11.6 Å².